The summed E-state index contributed by atoms with van der Waals surface area (Å²) in [6, 6.07) is 18.2. The van der Waals surface area contributed by atoms with Gasteiger partial charge in [-0.15, -0.1) is 0 Å². The van der Waals surface area contributed by atoms with Gasteiger partial charge < -0.3 is 5.73 Å². The highest BCUT2D eigenvalue weighted by molar-refractivity contribution is 7.98. The standard InChI is InChI=1S/C19H15FN4S/c20-15-8-4-7-14(9-15)10-17-16(11-21)18(22)24-19(23-17)25-12-13-5-2-1-3-6-13/h1-9H,10,12H2,(H2,22,23,24). The van der Waals surface area contributed by atoms with E-state index in [4.69, 9.17) is 5.73 Å². The fraction of sp³-hybridized carbons (Fsp3) is 0.105. The lowest BCUT2D eigenvalue weighted by atomic mass is 10.1. The van der Waals surface area contributed by atoms with Crippen molar-refractivity contribution in [2.75, 3.05) is 5.73 Å². The van der Waals surface area contributed by atoms with Crippen molar-refractivity contribution >= 4 is 17.6 Å². The molecule has 0 aliphatic rings. The van der Waals surface area contributed by atoms with Gasteiger partial charge in [0.25, 0.3) is 0 Å². The zero-order valence-electron chi connectivity index (χ0n) is 13.3. The normalized spacial score (nSPS) is 10.4. The Labute approximate surface area is 149 Å². The number of benzene rings is 2. The lowest BCUT2D eigenvalue weighted by molar-refractivity contribution is 0.626. The number of halogens is 1. The Morgan fingerprint density at radius 1 is 1.04 bits per heavy atom. The van der Waals surface area contributed by atoms with E-state index in [1.807, 2.05) is 36.4 Å². The van der Waals surface area contributed by atoms with Crippen LogP contribution in [0.3, 0.4) is 0 Å². The molecule has 0 fully saturated rings. The van der Waals surface area contributed by atoms with Gasteiger partial charge in [0, 0.05) is 12.2 Å². The summed E-state index contributed by atoms with van der Waals surface area (Å²) in [4.78, 5) is 8.68. The Kier molecular flexibility index (Phi) is 5.26. The number of aromatic nitrogens is 2. The number of hydrogen-bond donors (Lipinski definition) is 1. The molecule has 0 saturated heterocycles. The van der Waals surface area contributed by atoms with Gasteiger partial charge in [-0.1, -0.05) is 54.2 Å². The summed E-state index contributed by atoms with van der Waals surface area (Å²) >= 11 is 1.45. The van der Waals surface area contributed by atoms with Crippen molar-refractivity contribution in [1.82, 2.24) is 9.97 Å². The smallest absolute Gasteiger partial charge is 0.190 e. The van der Waals surface area contributed by atoms with Gasteiger partial charge in [-0.25, -0.2) is 14.4 Å². The van der Waals surface area contributed by atoms with E-state index in [1.165, 1.54) is 23.9 Å². The van der Waals surface area contributed by atoms with E-state index >= 15 is 0 Å². The summed E-state index contributed by atoms with van der Waals surface area (Å²) in [5.74, 6) is 0.530. The first-order valence-electron chi connectivity index (χ1n) is 7.63. The minimum atomic E-state index is -0.322. The molecule has 0 atom stereocenters. The second-order valence-corrected chi connectivity index (χ2v) is 6.35. The Balaban J connectivity index is 1.86. The van der Waals surface area contributed by atoms with Crippen LogP contribution in [0.25, 0.3) is 0 Å². The molecule has 1 aromatic heterocycles. The van der Waals surface area contributed by atoms with Crippen molar-refractivity contribution in [2.24, 2.45) is 0 Å². The highest BCUT2D eigenvalue weighted by Gasteiger charge is 2.13. The van der Waals surface area contributed by atoms with Crippen LogP contribution >= 0.6 is 11.8 Å². The van der Waals surface area contributed by atoms with Crippen LogP contribution in [0.15, 0.2) is 59.8 Å². The maximum atomic E-state index is 13.4. The monoisotopic (exact) mass is 350 g/mol. The van der Waals surface area contributed by atoms with Crippen LogP contribution in [0.1, 0.15) is 22.4 Å². The van der Waals surface area contributed by atoms with Gasteiger partial charge in [0.05, 0.1) is 5.69 Å². The highest BCUT2D eigenvalue weighted by atomic mass is 32.2. The fourth-order valence-corrected chi connectivity index (χ4v) is 3.21. The zero-order chi connectivity index (χ0) is 17.6. The first kappa shape index (κ1) is 16.9. The molecule has 0 radical (unpaired) electrons. The van der Waals surface area contributed by atoms with Gasteiger partial charge in [0.2, 0.25) is 0 Å². The van der Waals surface area contributed by atoms with Gasteiger partial charge in [-0.05, 0) is 23.3 Å². The van der Waals surface area contributed by atoms with Crippen molar-refractivity contribution in [3.63, 3.8) is 0 Å². The van der Waals surface area contributed by atoms with Crippen molar-refractivity contribution < 1.29 is 4.39 Å². The number of hydrogen-bond acceptors (Lipinski definition) is 5. The number of nitrogens with zero attached hydrogens (tertiary/aromatic N) is 3. The predicted octanol–water partition coefficient (Wildman–Crippen LogP) is 3.95. The molecule has 0 amide bonds. The average molecular weight is 350 g/mol. The maximum Gasteiger partial charge on any atom is 0.190 e. The largest absolute Gasteiger partial charge is 0.382 e. The second kappa shape index (κ2) is 7.77. The first-order valence-corrected chi connectivity index (χ1v) is 8.62. The molecular weight excluding hydrogens is 335 g/mol. The van der Waals surface area contributed by atoms with Gasteiger partial charge >= 0.3 is 0 Å². The summed E-state index contributed by atoms with van der Waals surface area (Å²) in [6.45, 7) is 0. The van der Waals surface area contributed by atoms with Crippen molar-refractivity contribution in [2.45, 2.75) is 17.3 Å². The van der Waals surface area contributed by atoms with Crippen molar-refractivity contribution in [3.05, 3.63) is 82.8 Å². The topological polar surface area (TPSA) is 75.6 Å². The molecule has 0 aliphatic heterocycles. The molecule has 124 valence electrons. The third kappa shape index (κ3) is 4.34. The van der Waals surface area contributed by atoms with Crippen LogP contribution in [-0.4, -0.2) is 9.97 Å². The Hall–Kier alpha value is -2.91. The summed E-state index contributed by atoms with van der Waals surface area (Å²) in [6.07, 6.45) is 0.326. The molecule has 2 N–H and O–H groups in total. The third-order valence-corrected chi connectivity index (χ3v) is 4.49. The van der Waals surface area contributed by atoms with E-state index in [-0.39, 0.29) is 17.2 Å². The SMILES string of the molecule is N#Cc1c(N)nc(SCc2ccccc2)nc1Cc1cccc(F)c1. The molecule has 0 bridgehead atoms. The molecule has 0 spiro atoms. The second-order valence-electron chi connectivity index (χ2n) is 5.41. The zero-order valence-corrected chi connectivity index (χ0v) is 14.1. The number of rotatable bonds is 5. The third-order valence-electron chi connectivity index (χ3n) is 3.57. The molecule has 1 heterocycles. The number of anilines is 1. The molecule has 2 aromatic carbocycles. The van der Waals surface area contributed by atoms with Crippen LogP contribution in [-0.2, 0) is 12.2 Å². The quantitative estimate of drug-likeness (QED) is 0.557. The summed E-state index contributed by atoms with van der Waals surface area (Å²) in [5.41, 5.74) is 8.55. The number of nitrogen functional groups attached to an aromatic ring is 1. The van der Waals surface area contributed by atoms with Crippen LogP contribution in [0.5, 0.6) is 0 Å². The molecule has 3 rings (SSSR count). The number of nitrogens with two attached hydrogens (primary N) is 1. The molecular formula is C19H15FN4S. The fourth-order valence-electron chi connectivity index (χ4n) is 2.38. The van der Waals surface area contributed by atoms with E-state index in [1.54, 1.807) is 12.1 Å². The van der Waals surface area contributed by atoms with E-state index in [2.05, 4.69) is 9.97 Å². The molecule has 4 nitrogen and oxygen atoms in total. The van der Waals surface area contributed by atoms with Crippen LogP contribution in [0.2, 0.25) is 0 Å². The maximum absolute atomic E-state index is 13.4. The van der Waals surface area contributed by atoms with Gasteiger partial charge in [-0.2, -0.15) is 5.26 Å². The van der Waals surface area contributed by atoms with Crippen LogP contribution in [0.4, 0.5) is 10.2 Å². The molecule has 6 heteroatoms. The lowest BCUT2D eigenvalue weighted by Gasteiger charge is -2.09. The van der Waals surface area contributed by atoms with Crippen LogP contribution < -0.4 is 5.73 Å². The molecule has 0 aliphatic carbocycles. The molecule has 25 heavy (non-hydrogen) atoms. The Morgan fingerprint density at radius 2 is 1.80 bits per heavy atom. The minimum absolute atomic E-state index is 0.152. The van der Waals surface area contributed by atoms with E-state index < -0.39 is 0 Å². The van der Waals surface area contributed by atoms with E-state index in [0.717, 1.165) is 11.1 Å². The highest BCUT2D eigenvalue weighted by Crippen LogP contribution is 2.24. The number of thioether (sulfide) groups is 1. The molecule has 0 unspecified atom stereocenters. The van der Waals surface area contributed by atoms with Crippen LogP contribution in [0, 0.1) is 17.1 Å². The van der Waals surface area contributed by atoms with Gasteiger partial charge in [0.15, 0.2) is 5.16 Å². The van der Waals surface area contributed by atoms with Crippen molar-refractivity contribution in [1.29, 1.82) is 5.26 Å². The molecule has 0 saturated carbocycles. The Bertz CT molecular complexity index is 922. The minimum Gasteiger partial charge on any atom is -0.382 e. The summed E-state index contributed by atoms with van der Waals surface area (Å²) < 4.78 is 13.4. The van der Waals surface area contributed by atoms with Gasteiger partial charge in [0.1, 0.15) is 23.3 Å². The van der Waals surface area contributed by atoms with Gasteiger partial charge in [-0.3, -0.25) is 0 Å². The average Bonchev–Trinajstić information content (AvgIpc) is 2.61. The Morgan fingerprint density at radius 3 is 2.52 bits per heavy atom. The number of nitriles is 1. The lowest BCUT2D eigenvalue weighted by Crippen LogP contribution is -2.06. The summed E-state index contributed by atoms with van der Waals surface area (Å²) in [5, 5.41) is 9.85. The summed E-state index contributed by atoms with van der Waals surface area (Å²) in [7, 11) is 0. The molecule has 3 aromatic rings. The first-order chi connectivity index (χ1) is 12.2. The predicted molar refractivity (Wildman–Crippen MR) is 96.4 cm³/mol. The van der Waals surface area contributed by atoms with E-state index in [9.17, 15) is 9.65 Å². The van der Waals surface area contributed by atoms with Crippen molar-refractivity contribution in [3.8, 4) is 6.07 Å². The van der Waals surface area contributed by atoms with E-state index in [0.29, 0.717) is 23.0 Å².